The Labute approximate surface area is 52.5 Å². The lowest BCUT2D eigenvalue weighted by molar-refractivity contribution is 0.508. The van der Waals surface area contributed by atoms with E-state index in [2.05, 4.69) is 10.3 Å². The van der Waals surface area contributed by atoms with Gasteiger partial charge in [0, 0.05) is 12.4 Å². The fourth-order valence-corrected chi connectivity index (χ4v) is 0.550. The average molecular weight is 125 g/mol. The summed E-state index contributed by atoms with van der Waals surface area (Å²) in [7, 11) is 0. The van der Waals surface area contributed by atoms with Gasteiger partial charge in [-0.3, -0.25) is 0 Å². The molecule has 1 unspecified atom stereocenters. The number of nitroso groups, excluding NO2 is 1. The summed E-state index contributed by atoms with van der Waals surface area (Å²) in [6, 6.07) is 1.75. The fraction of sp³-hybridized carbons (Fsp3) is 0.400. The molecule has 0 saturated heterocycles. The van der Waals surface area contributed by atoms with E-state index < -0.39 is 0 Å². The molecule has 1 aromatic rings. The highest BCUT2D eigenvalue weighted by atomic mass is 16.3. The number of hydrogen-bond donors (Lipinski definition) is 0. The molecule has 1 atom stereocenters. The van der Waals surface area contributed by atoms with Crippen LogP contribution in [0.25, 0.3) is 0 Å². The van der Waals surface area contributed by atoms with Crippen LogP contribution in [0.15, 0.2) is 23.6 Å². The molecule has 0 aliphatic heterocycles. The van der Waals surface area contributed by atoms with Crippen molar-refractivity contribution in [3.05, 3.63) is 23.4 Å². The third kappa shape index (κ3) is 1.13. The van der Waals surface area contributed by atoms with Gasteiger partial charge in [0.15, 0.2) is 6.17 Å². The Bertz CT molecular complexity index is 182. The van der Waals surface area contributed by atoms with Crippen molar-refractivity contribution in [1.29, 1.82) is 0 Å². The zero-order valence-electron chi connectivity index (χ0n) is 5.06. The minimum Gasteiger partial charge on any atom is -0.245 e. The first-order chi connectivity index (χ1) is 4.34. The first-order valence-corrected chi connectivity index (χ1v) is 2.66. The molecule has 0 aliphatic rings. The van der Waals surface area contributed by atoms with E-state index in [0.717, 1.165) is 0 Å². The van der Waals surface area contributed by atoms with Crippen molar-refractivity contribution in [1.82, 2.24) is 9.78 Å². The molecule has 0 spiro atoms. The first kappa shape index (κ1) is 5.94. The van der Waals surface area contributed by atoms with Crippen LogP contribution in [-0.2, 0) is 0 Å². The summed E-state index contributed by atoms with van der Waals surface area (Å²) in [5, 5.41) is 6.59. The predicted octanol–water partition coefficient (Wildman–Crippen LogP) is 1.17. The fourth-order valence-electron chi connectivity index (χ4n) is 0.550. The maximum Gasteiger partial charge on any atom is 0.180 e. The first-order valence-electron chi connectivity index (χ1n) is 2.66. The third-order valence-corrected chi connectivity index (χ3v) is 1.06. The second kappa shape index (κ2) is 2.39. The van der Waals surface area contributed by atoms with Gasteiger partial charge < -0.3 is 0 Å². The summed E-state index contributed by atoms with van der Waals surface area (Å²) in [5.74, 6) is 0. The molecular weight excluding hydrogens is 118 g/mol. The Kier molecular flexibility index (Phi) is 1.58. The van der Waals surface area contributed by atoms with E-state index in [9.17, 15) is 4.91 Å². The largest absolute Gasteiger partial charge is 0.245 e. The summed E-state index contributed by atoms with van der Waals surface area (Å²) >= 11 is 0. The van der Waals surface area contributed by atoms with E-state index in [4.69, 9.17) is 0 Å². The van der Waals surface area contributed by atoms with Crippen molar-refractivity contribution in [2.75, 3.05) is 0 Å². The summed E-state index contributed by atoms with van der Waals surface area (Å²) in [5.41, 5.74) is 0. The van der Waals surface area contributed by atoms with Crippen LogP contribution in [0, 0.1) is 4.91 Å². The van der Waals surface area contributed by atoms with E-state index in [1.165, 1.54) is 4.68 Å². The Balaban J connectivity index is 2.76. The Hall–Kier alpha value is -1.19. The number of nitrogens with zero attached hydrogens (tertiary/aromatic N) is 3. The molecule has 0 saturated carbocycles. The second-order valence-corrected chi connectivity index (χ2v) is 1.72. The van der Waals surface area contributed by atoms with Gasteiger partial charge in [-0.15, -0.1) is 4.91 Å². The number of aromatic nitrogens is 2. The monoisotopic (exact) mass is 125 g/mol. The van der Waals surface area contributed by atoms with Gasteiger partial charge >= 0.3 is 0 Å². The zero-order chi connectivity index (χ0) is 6.69. The Morgan fingerprint density at radius 2 is 2.56 bits per heavy atom. The van der Waals surface area contributed by atoms with Crippen molar-refractivity contribution in [2.45, 2.75) is 13.1 Å². The van der Waals surface area contributed by atoms with Crippen LogP contribution >= 0.6 is 0 Å². The average Bonchev–Trinajstić information content (AvgIpc) is 2.37. The van der Waals surface area contributed by atoms with Crippen molar-refractivity contribution >= 4 is 0 Å². The second-order valence-electron chi connectivity index (χ2n) is 1.72. The standard InChI is InChI=1S/C5H7N3O/c1-5(7-9)8-4-2-3-6-8/h2-5H,1H3. The quantitative estimate of drug-likeness (QED) is 0.557. The molecule has 0 N–H and O–H groups in total. The van der Waals surface area contributed by atoms with Crippen molar-refractivity contribution < 1.29 is 0 Å². The minimum atomic E-state index is -0.389. The zero-order valence-corrected chi connectivity index (χ0v) is 5.06. The molecule has 4 nitrogen and oxygen atoms in total. The van der Waals surface area contributed by atoms with Crippen LogP contribution in [0.4, 0.5) is 0 Å². The minimum absolute atomic E-state index is 0.389. The molecule has 0 radical (unpaired) electrons. The van der Waals surface area contributed by atoms with Gasteiger partial charge in [0.25, 0.3) is 0 Å². The molecule has 1 rings (SSSR count). The van der Waals surface area contributed by atoms with Gasteiger partial charge in [-0.25, -0.2) is 4.68 Å². The molecule has 0 aliphatic carbocycles. The molecule has 4 heteroatoms. The van der Waals surface area contributed by atoms with Gasteiger partial charge in [-0.05, 0) is 18.2 Å². The lowest BCUT2D eigenvalue weighted by atomic mass is 10.6. The summed E-state index contributed by atoms with van der Waals surface area (Å²) < 4.78 is 1.49. The van der Waals surface area contributed by atoms with E-state index in [1.807, 2.05) is 0 Å². The van der Waals surface area contributed by atoms with Crippen molar-refractivity contribution in [3.8, 4) is 0 Å². The van der Waals surface area contributed by atoms with E-state index in [-0.39, 0.29) is 6.17 Å². The molecule has 1 heterocycles. The Morgan fingerprint density at radius 1 is 1.78 bits per heavy atom. The van der Waals surface area contributed by atoms with Gasteiger partial charge in [-0.2, -0.15) is 5.10 Å². The predicted molar refractivity (Wildman–Crippen MR) is 32.7 cm³/mol. The van der Waals surface area contributed by atoms with Crippen LogP contribution in [-0.4, -0.2) is 9.78 Å². The number of hydrogen-bond acceptors (Lipinski definition) is 3. The topological polar surface area (TPSA) is 47.2 Å². The lowest BCUT2D eigenvalue weighted by Crippen LogP contribution is -2.00. The summed E-state index contributed by atoms with van der Waals surface area (Å²) in [4.78, 5) is 9.89. The molecule has 9 heavy (non-hydrogen) atoms. The van der Waals surface area contributed by atoms with E-state index in [1.54, 1.807) is 25.4 Å². The smallest absolute Gasteiger partial charge is 0.180 e. The molecular formula is C5H7N3O. The molecule has 0 aromatic carbocycles. The highest BCUT2D eigenvalue weighted by Gasteiger charge is 1.99. The van der Waals surface area contributed by atoms with Crippen LogP contribution in [0.3, 0.4) is 0 Å². The van der Waals surface area contributed by atoms with Gasteiger partial charge in [0.2, 0.25) is 0 Å². The van der Waals surface area contributed by atoms with Crippen LogP contribution in [0.1, 0.15) is 13.1 Å². The highest BCUT2D eigenvalue weighted by molar-refractivity contribution is 4.79. The molecule has 1 aromatic heterocycles. The van der Waals surface area contributed by atoms with Gasteiger partial charge in [0.05, 0.1) is 0 Å². The summed E-state index contributed by atoms with van der Waals surface area (Å²) in [6.45, 7) is 1.68. The third-order valence-electron chi connectivity index (χ3n) is 1.06. The molecule has 0 fully saturated rings. The normalized spacial score (nSPS) is 13.0. The molecule has 48 valence electrons. The van der Waals surface area contributed by atoms with Crippen LogP contribution < -0.4 is 0 Å². The van der Waals surface area contributed by atoms with E-state index in [0.29, 0.717) is 0 Å². The van der Waals surface area contributed by atoms with Crippen LogP contribution in [0.2, 0.25) is 0 Å². The summed E-state index contributed by atoms with van der Waals surface area (Å²) in [6.07, 6.45) is 2.92. The molecule has 0 bridgehead atoms. The number of rotatable bonds is 2. The maximum atomic E-state index is 9.89. The lowest BCUT2D eigenvalue weighted by Gasteiger charge is -1.99. The SMILES string of the molecule is CC(N=O)n1cccn1. The Morgan fingerprint density at radius 3 is 3.00 bits per heavy atom. The van der Waals surface area contributed by atoms with Gasteiger partial charge in [-0.1, -0.05) is 0 Å². The van der Waals surface area contributed by atoms with Crippen molar-refractivity contribution in [2.24, 2.45) is 5.18 Å². The maximum absolute atomic E-state index is 9.89. The highest BCUT2D eigenvalue weighted by Crippen LogP contribution is 2.01. The van der Waals surface area contributed by atoms with Crippen LogP contribution in [0.5, 0.6) is 0 Å². The molecule has 0 amide bonds. The van der Waals surface area contributed by atoms with Gasteiger partial charge in [0.1, 0.15) is 0 Å². The van der Waals surface area contributed by atoms with Crippen molar-refractivity contribution in [3.63, 3.8) is 0 Å². The van der Waals surface area contributed by atoms with E-state index >= 15 is 0 Å².